The van der Waals surface area contributed by atoms with E-state index in [1.54, 1.807) is 4.90 Å². The first kappa shape index (κ1) is 31.2. The summed E-state index contributed by atoms with van der Waals surface area (Å²) < 4.78 is 61.9. The normalized spacial score (nSPS) is 23.4. The first-order valence-electron chi connectivity index (χ1n) is 13.3. The summed E-state index contributed by atoms with van der Waals surface area (Å²) in [5.74, 6) is -3.31. The Morgan fingerprint density at radius 3 is 2.15 bits per heavy atom. The number of hydrogen-bond donors (Lipinski definition) is 0. The predicted octanol–water partition coefficient (Wildman–Crippen LogP) is 4.08. The number of piperidine rings is 1. The zero-order valence-electron chi connectivity index (χ0n) is 21.8. The van der Waals surface area contributed by atoms with Crippen LogP contribution >= 0.6 is 34.8 Å². The molecule has 14 heteroatoms. The van der Waals surface area contributed by atoms with Gasteiger partial charge in [-0.25, -0.2) is 17.2 Å². The van der Waals surface area contributed by atoms with Crippen molar-refractivity contribution >= 4 is 50.7 Å². The molecule has 39 heavy (non-hydrogen) atoms. The van der Waals surface area contributed by atoms with Gasteiger partial charge in [0.15, 0.2) is 0 Å². The van der Waals surface area contributed by atoms with Gasteiger partial charge in [-0.2, -0.15) is 4.31 Å². The van der Waals surface area contributed by atoms with Crippen molar-refractivity contribution in [3.63, 3.8) is 0 Å². The highest BCUT2D eigenvalue weighted by atomic mass is 35.5. The molecule has 0 N–H and O–H groups in total. The van der Waals surface area contributed by atoms with Crippen molar-refractivity contribution in [2.75, 3.05) is 72.1 Å². The molecule has 0 saturated carbocycles. The molecule has 220 valence electrons. The second-order valence-electron chi connectivity index (χ2n) is 10.4. The van der Waals surface area contributed by atoms with E-state index in [2.05, 4.69) is 9.80 Å². The average molecular weight is 632 g/mol. The van der Waals surface area contributed by atoms with E-state index < -0.39 is 41.4 Å². The predicted molar refractivity (Wildman–Crippen MR) is 147 cm³/mol. The van der Waals surface area contributed by atoms with Crippen LogP contribution in [0, 0.1) is 0 Å². The highest BCUT2D eigenvalue weighted by molar-refractivity contribution is 7.89. The Bertz CT molecular complexity index is 1090. The van der Waals surface area contributed by atoms with Crippen molar-refractivity contribution in [3.8, 4) is 0 Å². The molecule has 1 amide bonds. The molecule has 1 aromatic rings. The number of likely N-dealkylation sites (tertiary alicyclic amines) is 1. The fraction of sp³-hybridized carbons (Fsp3) is 0.720. The van der Waals surface area contributed by atoms with Crippen LogP contribution in [0.5, 0.6) is 0 Å². The molecular formula is C25H35Cl3F2N4O4S. The molecule has 0 spiro atoms. The maximum atomic E-state index is 14.3. The van der Waals surface area contributed by atoms with E-state index in [-0.39, 0.29) is 39.1 Å². The molecular weight excluding hydrogens is 597 g/mol. The third-order valence-corrected chi connectivity index (χ3v) is 10.7. The Labute approximate surface area is 244 Å². The van der Waals surface area contributed by atoms with Gasteiger partial charge in [-0.1, -0.05) is 34.8 Å². The van der Waals surface area contributed by atoms with Crippen molar-refractivity contribution in [1.82, 2.24) is 19.0 Å². The summed E-state index contributed by atoms with van der Waals surface area (Å²) in [6, 6.07) is 1.28. The van der Waals surface area contributed by atoms with E-state index in [4.69, 9.17) is 39.5 Å². The van der Waals surface area contributed by atoms with Crippen LogP contribution < -0.4 is 0 Å². The highest BCUT2D eigenvalue weighted by Gasteiger charge is 2.46. The summed E-state index contributed by atoms with van der Waals surface area (Å²) in [7, 11) is -4.34. The van der Waals surface area contributed by atoms with E-state index in [1.807, 2.05) is 0 Å². The zero-order chi connectivity index (χ0) is 28.2. The Balaban J connectivity index is 1.28. The second-order valence-corrected chi connectivity index (χ2v) is 13.5. The maximum Gasteiger partial charge on any atom is 0.251 e. The third-order valence-electron chi connectivity index (χ3n) is 7.58. The molecule has 0 aliphatic carbocycles. The monoisotopic (exact) mass is 630 g/mol. The van der Waals surface area contributed by atoms with Gasteiger partial charge in [0.2, 0.25) is 15.9 Å². The van der Waals surface area contributed by atoms with Gasteiger partial charge < -0.3 is 14.5 Å². The average Bonchev–Trinajstić information content (AvgIpc) is 3.36. The maximum absolute atomic E-state index is 14.3. The number of nitrogens with zero attached hydrogens (tertiary/aromatic N) is 4. The van der Waals surface area contributed by atoms with Crippen molar-refractivity contribution in [2.24, 2.45) is 0 Å². The number of rotatable bonds is 10. The van der Waals surface area contributed by atoms with Crippen LogP contribution in [0.1, 0.15) is 32.1 Å². The van der Waals surface area contributed by atoms with Gasteiger partial charge in [0.25, 0.3) is 5.92 Å². The lowest BCUT2D eigenvalue weighted by Crippen LogP contribution is -2.52. The number of sulfonamides is 1. The molecule has 1 aromatic carbocycles. The lowest BCUT2D eigenvalue weighted by Gasteiger charge is -2.38. The first-order valence-corrected chi connectivity index (χ1v) is 15.9. The standard InChI is InChI=1S/C25H35Cl3F2N4O4S/c26-19-14-21(27)24(22(28)15-19)39(36,37)34-9-4-25(29,30)16-20(34)17-38-18-23(35)33-12-10-32(11-13-33)8-3-7-31-5-1-2-6-31/h14-15,20H,1-13,16-18H2/t20-/m0/s1. The summed E-state index contributed by atoms with van der Waals surface area (Å²) in [6.45, 7) is 6.06. The lowest BCUT2D eigenvalue weighted by molar-refractivity contribution is -0.139. The largest absolute Gasteiger partial charge is 0.370 e. The van der Waals surface area contributed by atoms with Crippen molar-refractivity contribution in [2.45, 2.75) is 49.0 Å². The summed E-state index contributed by atoms with van der Waals surface area (Å²) >= 11 is 18.2. The Kier molecular flexibility index (Phi) is 10.7. The Hall–Kier alpha value is -0.790. The number of alkyl halides is 2. The summed E-state index contributed by atoms with van der Waals surface area (Å²) in [6.07, 6.45) is 2.29. The molecule has 3 aliphatic rings. The van der Waals surface area contributed by atoms with E-state index in [0.29, 0.717) is 13.1 Å². The molecule has 3 fully saturated rings. The van der Waals surface area contributed by atoms with Gasteiger partial charge >= 0.3 is 0 Å². The van der Waals surface area contributed by atoms with E-state index in [9.17, 15) is 22.0 Å². The van der Waals surface area contributed by atoms with Gasteiger partial charge in [-0.15, -0.1) is 0 Å². The van der Waals surface area contributed by atoms with Gasteiger partial charge in [-0.05, 0) is 57.6 Å². The van der Waals surface area contributed by atoms with Crippen molar-refractivity contribution < 1.29 is 26.7 Å². The molecule has 4 rings (SSSR count). The van der Waals surface area contributed by atoms with Crippen LogP contribution in [-0.2, 0) is 19.6 Å². The van der Waals surface area contributed by atoms with Gasteiger partial charge in [-0.3, -0.25) is 9.69 Å². The zero-order valence-corrected chi connectivity index (χ0v) is 24.8. The highest BCUT2D eigenvalue weighted by Crippen LogP contribution is 2.39. The van der Waals surface area contributed by atoms with Gasteiger partial charge in [0.1, 0.15) is 11.5 Å². The number of carbonyl (C=O) groups is 1. The molecule has 0 unspecified atom stereocenters. The number of hydrogen-bond acceptors (Lipinski definition) is 6. The minimum absolute atomic E-state index is 0.149. The molecule has 1 atom stereocenters. The minimum Gasteiger partial charge on any atom is -0.370 e. The first-order chi connectivity index (χ1) is 18.5. The van der Waals surface area contributed by atoms with Crippen LogP contribution in [0.4, 0.5) is 8.78 Å². The number of amides is 1. The third kappa shape index (κ3) is 8.16. The Morgan fingerprint density at radius 1 is 0.949 bits per heavy atom. The number of ether oxygens (including phenoxy) is 1. The fourth-order valence-electron chi connectivity index (χ4n) is 5.47. The quantitative estimate of drug-likeness (QED) is 0.388. The minimum atomic E-state index is -4.34. The van der Waals surface area contributed by atoms with Crippen molar-refractivity contribution in [1.29, 1.82) is 0 Å². The summed E-state index contributed by atoms with van der Waals surface area (Å²) in [5.41, 5.74) is 0. The second kappa shape index (κ2) is 13.5. The van der Waals surface area contributed by atoms with Gasteiger partial charge in [0.05, 0.1) is 22.7 Å². The topological polar surface area (TPSA) is 73.4 Å². The van der Waals surface area contributed by atoms with Gasteiger partial charge in [0, 0.05) is 50.6 Å². The summed E-state index contributed by atoms with van der Waals surface area (Å²) in [5, 5.41) is -0.250. The fourth-order valence-corrected chi connectivity index (χ4v) is 8.58. The molecule has 3 heterocycles. The Morgan fingerprint density at radius 2 is 1.54 bits per heavy atom. The smallest absolute Gasteiger partial charge is 0.251 e. The molecule has 8 nitrogen and oxygen atoms in total. The van der Waals surface area contributed by atoms with Crippen LogP contribution in [-0.4, -0.2) is 117 Å². The molecule has 0 radical (unpaired) electrons. The lowest BCUT2D eigenvalue weighted by atomic mass is 10.0. The number of carbonyl (C=O) groups excluding carboxylic acids is 1. The van der Waals surface area contributed by atoms with E-state index in [0.717, 1.165) is 36.9 Å². The van der Waals surface area contributed by atoms with Crippen LogP contribution in [0.25, 0.3) is 0 Å². The van der Waals surface area contributed by atoms with Crippen LogP contribution in [0.2, 0.25) is 15.1 Å². The van der Waals surface area contributed by atoms with Crippen molar-refractivity contribution in [3.05, 3.63) is 27.2 Å². The number of halogens is 5. The van der Waals surface area contributed by atoms with E-state index in [1.165, 1.54) is 38.1 Å². The molecule has 3 aliphatic heterocycles. The summed E-state index contributed by atoms with van der Waals surface area (Å²) in [4.78, 5) is 18.9. The molecule has 0 bridgehead atoms. The van der Waals surface area contributed by atoms with Crippen LogP contribution in [0.15, 0.2) is 17.0 Å². The van der Waals surface area contributed by atoms with E-state index >= 15 is 0 Å². The molecule has 3 saturated heterocycles. The number of benzene rings is 1. The van der Waals surface area contributed by atoms with Crippen LogP contribution in [0.3, 0.4) is 0 Å². The SMILES string of the molecule is O=C(COC[C@@H]1CC(F)(F)CCN1S(=O)(=O)c1c(Cl)cc(Cl)cc1Cl)N1CCN(CCCN2CCCC2)CC1. The molecule has 0 aromatic heterocycles. The number of piperazine rings is 1.